The summed E-state index contributed by atoms with van der Waals surface area (Å²) < 4.78 is 5.85. The first-order valence-corrected chi connectivity index (χ1v) is 15.0. The fourth-order valence-electron chi connectivity index (χ4n) is 5.35. The number of hydrogen-bond acceptors (Lipinski definition) is 4. The van der Waals surface area contributed by atoms with Crippen molar-refractivity contribution in [1.82, 2.24) is 10.4 Å². The maximum atomic E-state index is 13.7. The van der Waals surface area contributed by atoms with Gasteiger partial charge < -0.3 is 9.64 Å². The molecule has 6 nitrogen and oxygen atoms in total. The van der Waals surface area contributed by atoms with Crippen molar-refractivity contribution in [2.75, 3.05) is 19.8 Å². The molecule has 0 aliphatic carbocycles. The van der Waals surface area contributed by atoms with Gasteiger partial charge in [0.25, 0.3) is 5.91 Å². The Morgan fingerprint density at radius 3 is 2.18 bits per heavy atom. The fraction of sp³-hybridized carbons (Fsp3) is 0.576. The molecule has 1 heterocycles. The first-order valence-electron chi connectivity index (χ1n) is 15.0. The maximum Gasteiger partial charge on any atom is 0.271 e. The second-order valence-corrected chi connectivity index (χ2v) is 10.8. The van der Waals surface area contributed by atoms with Gasteiger partial charge in [-0.1, -0.05) is 119 Å². The van der Waals surface area contributed by atoms with Crippen LogP contribution in [-0.4, -0.2) is 42.0 Å². The number of carbonyl (C=O) groups excluding carboxylic acids is 2. The van der Waals surface area contributed by atoms with Crippen LogP contribution in [-0.2, 0) is 32.2 Å². The van der Waals surface area contributed by atoms with Gasteiger partial charge in [-0.15, -0.1) is 0 Å². The summed E-state index contributed by atoms with van der Waals surface area (Å²) in [6.07, 6.45) is 13.2. The third-order valence-corrected chi connectivity index (χ3v) is 7.68. The van der Waals surface area contributed by atoms with Crippen molar-refractivity contribution in [3.8, 4) is 0 Å². The van der Waals surface area contributed by atoms with Gasteiger partial charge in [-0.05, 0) is 36.8 Å². The molecule has 0 aromatic heterocycles. The molecule has 3 rings (SSSR count). The molecule has 2 aromatic carbocycles. The molecule has 1 aliphatic rings. The van der Waals surface area contributed by atoms with Crippen LogP contribution < -0.4 is 5.48 Å². The van der Waals surface area contributed by atoms with E-state index in [4.69, 9.17) is 9.57 Å². The van der Waals surface area contributed by atoms with Gasteiger partial charge in [0.2, 0.25) is 5.91 Å². The van der Waals surface area contributed by atoms with Crippen molar-refractivity contribution < 1.29 is 19.2 Å². The Bertz CT molecular complexity index is 953. The molecular weight excluding hydrogens is 488 g/mol. The molecule has 1 atom stereocenters. The van der Waals surface area contributed by atoms with E-state index in [9.17, 15) is 9.59 Å². The molecule has 1 unspecified atom stereocenters. The molecule has 1 aliphatic heterocycles. The molecule has 0 radical (unpaired) electrons. The van der Waals surface area contributed by atoms with Crippen molar-refractivity contribution in [2.45, 2.75) is 103 Å². The Labute approximate surface area is 235 Å². The van der Waals surface area contributed by atoms with E-state index in [1.165, 1.54) is 44.1 Å². The van der Waals surface area contributed by atoms with Crippen LogP contribution in [0.15, 0.2) is 60.7 Å². The first kappa shape index (κ1) is 30.8. The van der Waals surface area contributed by atoms with E-state index in [0.717, 1.165) is 37.7 Å². The predicted molar refractivity (Wildman–Crippen MR) is 156 cm³/mol. The van der Waals surface area contributed by atoms with Crippen LogP contribution in [0.3, 0.4) is 0 Å². The average Bonchev–Trinajstić information content (AvgIpc) is 2.98. The lowest BCUT2D eigenvalue weighted by molar-refractivity contribution is -0.170. The number of nitrogens with one attached hydrogen (secondary N) is 1. The summed E-state index contributed by atoms with van der Waals surface area (Å²) in [6, 6.07) is 20.1. The zero-order valence-electron chi connectivity index (χ0n) is 23.9. The number of ether oxygens (including phenoxy) is 1. The molecule has 2 amide bonds. The zero-order chi connectivity index (χ0) is 27.6. The van der Waals surface area contributed by atoms with E-state index in [1.54, 1.807) is 4.90 Å². The number of benzene rings is 2. The number of rotatable bonds is 18. The van der Waals surface area contributed by atoms with E-state index >= 15 is 0 Å². The van der Waals surface area contributed by atoms with Crippen molar-refractivity contribution in [3.05, 3.63) is 71.8 Å². The molecule has 0 bridgehead atoms. The highest BCUT2D eigenvalue weighted by Crippen LogP contribution is 2.29. The van der Waals surface area contributed by atoms with Crippen molar-refractivity contribution in [2.24, 2.45) is 0 Å². The Morgan fingerprint density at radius 1 is 0.846 bits per heavy atom. The van der Waals surface area contributed by atoms with Gasteiger partial charge >= 0.3 is 0 Å². The van der Waals surface area contributed by atoms with E-state index in [2.05, 4.69) is 36.7 Å². The highest BCUT2D eigenvalue weighted by Gasteiger charge is 2.48. The van der Waals surface area contributed by atoms with Crippen molar-refractivity contribution in [1.29, 1.82) is 0 Å². The zero-order valence-corrected chi connectivity index (χ0v) is 23.9. The average molecular weight is 537 g/mol. The second-order valence-electron chi connectivity index (χ2n) is 10.8. The Kier molecular flexibility index (Phi) is 14.1. The first-order chi connectivity index (χ1) is 19.2. The largest absolute Gasteiger partial charge is 0.377 e. The molecule has 0 spiro atoms. The number of aryl methyl sites for hydroxylation is 1. The minimum absolute atomic E-state index is 0.0468. The molecule has 1 N–H and O–H groups in total. The lowest BCUT2D eigenvalue weighted by atomic mass is 9.87. The molecule has 2 aromatic rings. The highest BCUT2D eigenvalue weighted by atomic mass is 16.7. The summed E-state index contributed by atoms with van der Waals surface area (Å²) in [5.41, 5.74) is 3.87. The third kappa shape index (κ3) is 10.4. The summed E-state index contributed by atoms with van der Waals surface area (Å²) in [5.74, 6) is -0.243. The number of nitrogens with zero attached hydrogens (tertiary/aromatic N) is 1. The summed E-state index contributed by atoms with van der Waals surface area (Å²) in [7, 11) is 0. The maximum absolute atomic E-state index is 13.7. The minimum atomic E-state index is -1.05. The molecule has 6 heteroatoms. The Balaban J connectivity index is 1.58. The molecule has 214 valence electrons. The topological polar surface area (TPSA) is 67.9 Å². The van der Waals surface area contributed by atoms with Gasteiger partial charge in [-0.2, -0.15) is 0 Å². The molecule has 1 fully saturated rings. The number of unbranched alkanes of at least 4 members (excludes halogenated alkanes) is 8. The van der Waals surface area contributed by atoms with Gasteiger partial charge in [-0.3, -0.25) is 14.4 Å². The van der Waals surface area contributed by atoms with Crippen molar-refractivity contribution >= 4 is 11.8 Å². The summed E-state index contributed by atoms with van der Waals surface area (Å²) >= 11 is 0. The molecule has 0 saturated carbocycles. The van der Waals surface area contributed by atoms with E-state index in [0.29, 0.717) is 26.0 Å². The smallest absolute Gasteiger partial charge is 0.271 e. The standard InChI is InChI=1S/C33H48N2O4/c1-2-3-4-5-6-7-8-15-23-31(36)35-25-26-38-28-33(35,24-17-16-20-29-18-11-9-12-19-29)32(37)34-39-27-30-21-13-10-14-22-30/h9-14,18-19,21-22H,2-8,15-17,20,23-28H2,1H3,(H,34,37). The fourth-order valence-corrected chi connectivity index (χ4v) is 5.35. The predicted octanol–water partition coefficient (Wildman–Crippen LogP) is 6.78. The second kappa shape index (κ2) is 17.8. The van der Waals surface area contributed by atoms with Gasteiger partial charge in [0.15, 0.2) is 0 Å². The summed E-state index contributed by atoms with van der Waals surface area (Å²) in [5, 5.41) is 0. The number of hydrogen-bond donors (Lipinski definition) is 1. The molecule has 39 heavy (non-hydrogen) atoms. The lowest BCUT2D eigenvalue weighted by Crippen LogP contribution is -2.66. The van der Waals surface area contributed by atoms with Crippen LogP contribution in [0, 0.1) is 0 Å². The van der Waals surface area contributed by atoms with Crippen LogP contribution in [0.5, 0.6) is 0 Å². The van der Waals surface area contributed by atoms with E-state index in [1.807, 2.05) is 36.4 Å². The van der Waals surface area contributed by atoms with Crippen LogP contribution >= 0.6 is 0 Å². The monoisotopic (exact) mass is 536 g/mol. The Hall–Kier alpha value is -2.70. The quantitative estimate of drug-likeness (QED) is 0.169. The summed E-state index contributed by atoms with van der Waals surface area (Å²) in [4.78, 5) is 34.6. The van der Waals surface area contributed by atoms with Crippen LogP contribution in [0.2, 0.25) is 0 Å². The van der Waals surface area contributed by atoms with Crippen LogP contribution in [0.25, 0.3) is 0 Å². The number of amides is 2. The van der Waals surface area contributed by atoms with Gasteiger partial charge in [-0.25, -0.2) is 5.48 Å². The Morgan fingerprint density at radius 2 is 1.49 bits per heavy atom. The minimum Gasteiger partial charge on any atom is -0.377 e. The van der Waals surface area contributed by atoms with E-state index < -0.39 is 5.54 Å². The lowest BCUT2D eigenvalue weighted by Gasteiger charge is -2.45. The van der Waals surface area contributed by atoms with Gasteiger partial charge in [0.05, 0.1) is 19.8 Å². The highest BCUT2D eigenvalue weighted by molar-refractivity contribution is 5.91. The number of hydroxylamine groups is 1. The number of carbonyl (C=O) groups is 2. The van der Waals surface area contributed by atoms with Crippen molar-refractivity contribution in [3.63, 3.8) is 0 Å². The van der Waals surface area contributed by atoms with Crippen LogP contribution in [0.1, 0.15) is 95.1 Å². The SMILES string of the molecule is CCCCCCCCCCC(=O)N1CCOCC1(CCCCc1ccccc1)C(=O)NOCc1ccccc1. The van der Waals surface area contributed by atoms with Gasteiger partial charge in [0, 0.05) is 13.0 Å². The van der Waals surface area contributed by atoms with E-state index in [-0.39, 0.29) is 25.0 Å². The normalized spacial score (nSPS) is 17.2. The van der Waals surface area contributed by atoms with Gasteiger partial charge in [0.1, 0.15) is 5.54 Å². The third-order valence-electron chi connectivity index (χ3n) is 7.68. The summed E-state index contributed by atoms with van der Waals surface area (Å²) in [6.45, 7) is 3.58. The number of morpholine rings is 1. The molecule has 1 saturated heterocycles. The van der Waals surface area contributed by atoms with Crippen LogP contribution in [0.4, 0.5) is 0 Å². The molecular formula is C33H48N2O4.